The predicted octanol–water partition coefficient (Wildman–Crippen LogP) is 3.53. The Morgan fingerprint density at radius 1 is 1.32 bits per heavy atom. The molecule has 2 aromatic rings. The fourth-order valence-corrected chi connectivity index (χ4v) is 2.52. The second kappa shape index (κ2) is 5.22. The molecule has 1 aromatic carbocycles. The summed E-state index contributed by atoms with van der Waals surface area (Å²) < 4.78 is 0. The van der Waals surface area contributed by atoms with Crippen molar-refractivity contribution in [3.8, 4) is 0 Å². The lowest BCUT2D eigenvalue weighted by Gasteiger charge is -2.10. The molecule has 1 amide bonds. The van der Waals surface area contributed by atoms with Gasteiger partial charge in [-0.3, -0.25) is 9.78 Å². The molecule has 3 heteroatoms. The maximum Gasteiger partial charge on any atom is 0.224 e. The van der Waals surface area contributed by atoms with Crippen molar-refractivity contribution in [2.24, 2.45) is 5.92 Å². The Bertz CT molecular complexity index is 628. The van der Waals surface area contributed by atoms with E-state index in [-0.39, 0.29) is 5.91 Å². The largest absolute Gasteiger partial charge is 0.325 e. The van der Waals surface area contributed by atoms with Crippen LogP contribution in [0.2, 0.25) is 0 Å². The first-order valence-corrected chi connectivity index (χ1v) is 6.63. The fourth-order valence-electron chi connectivity index (χ4n) is 2.52. The van der Waals surface area contributed by atoms with Gasteiger partial charge in [0.05, 0.1) is 11.2 Å². The van der Waals surface area contributed by atoms with Crippen LogP contribution in [0.3, 0.4) is 0 Å². The molecule has 1 atom stereocenters. The Morgan fingerprint density at radius 3 is 3.11 bits per heavy atom. The molecule has 0 saturated carbocycles. The minimum absolute atomic E-state index is 0.0768. The normalized spacial score (nSPS) is 17.8. The van der Waals surface area contributed by atoms with Gasteiger partial charge < -0.3 is 5.32 Å². The Kier molecular flexibility index (Phi) is 3.27. The highest BCUT2D eigenvalue weighted by Gasteiger charge is 2.14. The van der Waals surface area contributed by atoms with Crippen molar-refractivity contribution in [1.82, 2.24) is 4.98 Å². The van der Waals surface area contributed by atoms with E-state index in [0.29, 0.717) is 12.3 Å². The van der Waals surface area contributed by atoms with Crippen molar-refractivity contribution in [2.45, 2.75) is 19.3 Å². The number of nitrogens with one attached hydrogen (secondary N) is 1. The molecular formula is C16H16N2O. The molecule has 96 valence electrons. The fraction of sp³-hybridized carbons (Fsp3) is 0.250. The van der Waals surface area contributed by atoms with Gasteiger partial charge in [0.1, 0.15) is 0 Å². The standard InChI is InChI=1S/C16H16N2O/c19-16(11-12-5-1-2-6-12)18-15-9-3-8-14-13(15)7-4-10-17-14/h1,3-5,7-10,12H,2,6,11H2,(H,18,19)/t12-/m1/s1. The monoisotopic (exact) mass is 252 g/mol. The van der Waals surface area contributed by atoms with Crippen LogP contribution in [0, 0.1) is 5.92 Å². The molecular weight excluding hydrogens is 236 g/mol. The number of carbonyl (C=O) groups excluding carboxylic acids is 1. The van der Waals surface area contributed by atoms with Gasteiger partial charge in [-0.15, -0.1) is 0 Å². The van der Waals surface area contributed by atoms with Gasteiger partial charge in [0.25, 0.3) is 0 Å². The summed E-state index contributed by atoms with van der Waals surface area (Å²) in [4.78, 5) is 16.3. The predicted molar refractivity (Wildman–Crippen MR) is 76.9 cm³/mol. The first-order chi connectivity index (χ1) is 9.33. The number of allylic oxidation sites excluding steroid dienone is 2. The van der Waals surface area contributed by atoms with Crippen molar-refractivity contribution >= 4 is 22.5 Å². The number of carbonyl (C=O) groups is 1. The quantitative estimate of drug-likeness (QED) is 0.849. The summed E-state index contributed by atoms with van der Waals surface area (Å²) in [6.07, 6.45) is 8.80. The van der Waals surface area contributed by atoms with Crippen LogP contribution in [0.25, 0.3) is 10.9 Å². The van der Waals surface area contributed by atoms with E-state index in [2.05, 4.69) is 22.5 Å². The zero-order valence-corrected chi connectivity index (χ0v) is 10.7. The molecule has 0 spiro atoms. The highest BCUT2D eigenvalue weighted by atomic mass is 16.1. The summed E-state index contributed by atoms with van der Waals surface area (Å²) in [5, 5.41) is 3.99. The average molecular weight is 252 g/mol. The van der Waals surface area contributed by atoms with E-state index in [0.717, 1.165) is 29.4 Å². The topological polar surface area (TPSA) is 42.0 Å². The molecule has 0 bridgehead atoms. The zero-order chi connectivity index (χ0) is 13.1. The number of pyridine rings is 1. The summed E-state index contributed by atoms with van der Waals surface area (Å²) in [5.41, 5.74) is 1.75. The zero-order valence-electron chi connectivity index (χ0n) is 10.7. The Morgan fingerprint density at radius 2 is 2.26 bits per heavy atom. The summed E-state index contributed by atoms with van der Waals surface area (Å²) in [5.74, 6) is 0.473. The van der Waals surface area contributed by atoms with Crippen molar-refractivity contribution in [3.05, 3.63) is 48.7 Å². The number of aromatic nitrogens is 1. The number of benzene rings is 1. The maximum atomic E-state index is 12.0. The number of hydrogen-bond donors (Lipinski definition) is 1. The van der Waals surface area contributed by atoms with Crippen LogP contribution < -0.4 is 5.32 Å². The van der Waals surface area contributed by atoms with E-state index in [4.69, 9.17) is 0 Å². The molecule has 3 rings (SSSR count). The Labute approximate surface area is 112 Å². The smallest absolute Gasteiger partial charge is 0.224 e. The van der Waals surface area contributed by atoms with Crippen molar-refractivity contribution < 1.29 is 4.79 Å². The third-order valence-corrected chi connectivity index (χ3v) is 3.48. The second-order valence-electron chi connectivity index (χ2n) is 4.89. The van der Waals surface area contributed by atoms with E-state index in [1.165, 1.54) is 0 Å². The van der Waals surface area contributed by atoms with Gasteiger partial charge in [0, 0.05) is 18.0 Å². The van der Waals surface area contributed by atoms with E-state index < -0.39 is 0 Å². The summed E-state index contributed by atoms with van der Waals surface area (Å²) in [6, 6.07) is 9.66. The SMILES string of the molecule is O=C(C[C@@H]1C=CCC1)Nc1cccc2ncccc12. The molecule has 1 aromatic heterocycles. The van der Waals surface area contributed by atoms with Crippen molar-refractivity contribution in [2.75, 3.05) is 5.32 Å². The van der Waals surface area contributed by atoms with Gasteiger partial charge in [-0.2, -0.15) is 0 Å². The number of nitrogens with zero attached hydrogens (tertiary/aromatic N) is 1. The maximum absolute atomic E-state index is 12.0. The van der Waals surface area contributed by atoms with E-state index in [1.807, 2.05) is 30.3 Å². The summed E-state index contributed by atoms with van der Waals surface area (Å²) in [7, 11) is 0. The van der Waals surface area contributed by atoms with Crippen LogP contribution in [-0.4, -0.2) is 10.9 Å². The van der Waals surface area contributed by atoms with Gasteiger partial charge in [-0.1, -0.05) is 18.2 Å². The molecule has 1 N–H and O–H groups in total. The van der Waals surface area contributed by atoms with Gasteiger partial charge in [0.15, 0.2) is 0 Å². The number of fused-ring (bicyclic) bond motifs is 1. The van der Waals surface area contributed by atoms with Gasteiger partial charge in [0.2, 0.25) is 5.91 Å². The van der Waals surface area contributed by atoms with E-state index in [1.54, 1.807) is 6.20 Å². The van der Waals surface area contributed by atoms with Crippen LogP contribution in [-0.2, 0) is 4.79 Å². The first-order valence-electron chi connectivity index (χ1n) is 6.63. The minimum atomic E-state index is 0.0768. The van der Waals surface area contributed by atoms with E-state index in [9.17, 15) is 4.79 Å². The first kappa shape index (κ1) is 11.9. The Hall–Kier alpha value is -2.16. The summed E-state index contributed by atoms with van der Waals surface area (Å²) >= 11 is 0. The molecule has 19 heavy (non-hydrogen) atoms. The third kappa shape index (κ3) is 2.65. The van der Waals surface area contributed by atoms with Crippen LogP contribution >= 0.6 is 0 Å². The molecule has 1 heterocycles. The molecule has 3 nitrogen and oxygen atoms in total. The molecule has 1 aliphatic carbocycles. The Balaban J connectivity index is 1.77. The summed E-state index contributed by atoms with van der Waals surface area (Å²) in [6.45, 7) is 0. The number of hydrogen-bond acceptors (Lipinski definition) is 2. The molecule has 0 aliphatic heterocycles. The number of amides is 1. The lowest BCUT2D eigenvalue weighted by molar-refractivity contribution is -0.116. The highest BCUT2D eigenvalue weighted by molar-refractivity contribution is 6.00. The second-order valence-corrected chi connectivity index (χ2v) is 4.89. The van der Waals surface area contributed by atoms with Crippen molar-refractivity contribution in [1.29, 1.82) is 0 Å². The third-order valence-electron chi connectivity index (χ3n) is 3.48. The van der Waals surface area contributed by atoms with Crippen LogP contribution in [0.4, 0.5) is 5.69 Å². The number of rotatable bonds is 3. The van der Waals surface area contributed by atoms with Crippen LogP contribution in [0.5, 0.6) is 0 Å². The van der Waals surface area contributed by atoms with E-state index >= 15 is 0 Å². The number of anilines is 1. The molecule has 0 saturated heterocycles. The van der Waals surface area contributed by atoms with Crippen LogP contribution in [0.1, 0.15) is 19.3 Å². The van der Waals surface area contributed by atoms with Crippen LogP contribution in [0.15, 0.2) is 48.7 Å². The van der Waals surface area contributed by atoms with Gasteiger partial charge >= 0.3 is 0 Å². The lowest BCUT2D eigenvalue weighted by Crippen LogP contribution is -2.15. The minimum Gasteiger partial charge on any atom is -0.325 e. The molecule has 1 aliphatic rings. The van der Waals surface area contributed by atoms with Crippen molar-refractivity contribution in [3.63, 3.8) is 0 Å². The average Bonchev–Trinajstić information content (AvgIpc) is 2.92. The van der Waals surface area contributed by atoms with Gasteiger partial charge in [-0.25, -0.2) is 0 Å². The highest BCUT2D eigenvalue weighted by Crippen LogP contribution is 2.24. The molecule has 0 unspecified atom stereocenters. The van der Waals surface area contributed by atoms with Gasteiger partial charge in [-0.05, 0) is 43.0 Å². The lowest BCUT2D eigenvalue weighted by atomic mass is 10.0. The molecule has 0 fully saturated rings. The molecule has 0 radical (unpaired) electrons.